The van der Waals surface area contributed by atoms with Gasteiger partial charge in [-0.15, -0.1) is 5.10 Å². The van der Waals surface area contributed by atoms with E-state index < -0.39 is 0 Å². The van der Waals surface area contributed by atoms with Gasteiger partial charge >= 0.3 is 0 Å². The summed E-state index contributed by atoms with van der Waals surface area (Å²) >= 11 is 1.34. The third-order valence-electron chi connectivity index (χ3n) is 4.48. The maximum Gasteiger partial charge on any atom is 0.209 e. The standard InChI is InChI=1S/C20H24N4O2S/c1-13-10-17(15(3)24(13)14(2)11-26-4)18(25)12-27-20-21-19(22-23-20)16-8-6-5-7-9-16/h5-10,14H,11-12H2,1-4H3,(H,21,22,23). The molecule has 0 aliphatic heterocycles. The highest BCUT2D eigenvalue weighted by atomic mass is 32.2. The highest BCUT2D eigenvalue weighted by molar-refractivity contribution is 7.99. The zero-order chi connectivity index (χ0) is 19.4. The topological polar surface area (TPSA) is 72.8 Å². The average molecular weight is 385 g/mol. The number of nitrogens with zero attached hydrogens (tertiary/aromatic N) is 3. The number of aromatic amines is 1. The van der Waals surface area contributed by atoms with Crippen LogP contribution in [0.25, 0.3) is 11.4 Å². The first kappa shape index (κ1) is 19.4. The van der Waals surface area contributed by atoms with Crippen LogP contribution in [0.15, 0.2) is 41.6 Å². The van der Waals surface area contributed by atoms with Crippen molar-refractivity contribution in [3.8, 4) is 11.4 Å². The predicted octanol–water partition coefficient (Wildman–Crippen LogP) is 4.07. The molecule has 2 heterocycles. The summed E-state index contributed by atoms with van der Waals surface area (Å²) in [4.78, 5) is 17.2. The maximum absolute atomic E-state index is 12.7. The quantitative estimate of drug-likeness (QED) is 0.468. The van der Waals surface area contributed by atoms with E-state index >= 15 is 0 Å². The average Bonchev–Trinajstić information content (AvgIpc) is 3.25. The van der Waals surface area contributed by atoms with Crippen molar-refractivity contribution in [2.45, 2.75) is 32.0 Å². The van der Waals surface area contributed by atoms with Crippen LogP contribution in [-0.2, 0) is 4.74 Å². The van der Waals surface area contributed by atoms with Crippen LogP contribution in [0.2, 0.25) is 0 Å². The lowest BCUT2D eigenvalue weighted by Gasteiger charge is -2.17. The fourth-order valence-corrected chi connectivity index (χ4v) is 3.98. The van der Waals surface area contributed by atoms with Gasteiger partial charge < -0.3 is 9.30 Å². The van der Waals surface area contributed by atoms with Crippen LogP contribution >= 0.6 is 11.8 Å². The minimum absolute atomic E-state index is 0.0787. The summed E-state index contributed by atoms with van der Waals surface area (Å²) in [6.07, 6.45) is 0. The second-order valence-electron chi connectivity index (χ2n) is 6.50. The Kier molecular flexibility index (Phi) is 6.13. The van der Waals surface area contributed by atoms with Crippen LogP contribution < -0.4 is 0 Å². The maximum atomic E-state index is 12.7. The molecule has 1 N–H and O–H groups in total. The van der Waals surface area contributed by atoms with Crippen molar-refractivity contribution < 1.29 is 9.53 Å². The van der Waals surface area contributed by atoms with Gasteiger partial charge in [0.15, 0.2) is 11.6 Å². The van der Waals surface area contributed by atoms with E-state index in [-0.39, 0.29) is 11.8 Å². The van der Waals surface area contributed by atoms with Gasteiger partial charge in [0.25, 0.3) is 0 Å². The Morgan fingerprint density at radius 2 is 2.04 bits per heavy atom. The number of carbonyl (C=O) groups is 1. The number of benzene rings is 1. The monoisotopic (exact) mass is 384 g/mol. The first-order valence-corrected chi connectivity index (χ1v) is 9.81. The lowest BCUT2D eigenvalue weighted by Crippen LogP contribution is -2.14. The SMILES string of the molecule is COCC(C)n1c(C)cc(C(=O)CSc2n[nH]c(-c3ccccc3)n2)c1C. The van der Waals surface area contributed by atoms with Gasteiger partial charge in [0.1, 0.15) is 0 Å². The molecule has 7 heteroatoms. The highest BCUT2D eigenvalue weighted by Gasteiger charge is 2.19. The van der Waals surface area contributed by atoms with Crippen molar-refractivity contribution in [2.24, 2.45) is 0 Å². The Labute approximate surface area is 163 Å². The molecule has 1 aromatic carbocycles. The predicted molar refractivity (Wildman–Crippen MR) is 107 cm³/mol. The van der Waals surface area contributed by atoms with E-state index in [1.54, 1.807) is 7.11 Å². The molecule has 3 rings (SSSR count). The van der Waals surface area contributed by atoms with Crippen LogP contribution in [-0.4, -0.2) is 45.0 Å². The van der Waals surface area contributed by atoms with E-state index in [2.05, 4.69) is 26.7 Å². The number of methoxy groups -OCH3 is 1. The molecule has 142 valence electrons. The molecular formula is C20H24N4O2S. The van der Waals surface area contributed by atoms with E-state index in [4.69, 9.17) is 4.74 Å². The minimum atomic E-state index is 0.0787. The summed E-state index contributed by atoms with van der Waals surface area (Å²) in [6.45, 7) is 6.70. The molecule has 1 unspecified atom stereocenters. The van der Waals surface area contributed by atoms with E-state index in [1.807, 2.05) is 50.2 Å². The summed E-state index contributed by atoms with van der Waals surface area (Å²) in [5.74, 6) is 1.09. The highest BCUT2D eigenvalue weighted by Crippen LogP contribution is 2.24. The third kappa shape index (κ3) is 4.31. The fraction of sp³-hybridized carbons (Fsp3) is 0.350. The molecule has 2 aromatic heterocycles. The number of rotatable bonds is 8. The number of ketones is 1. The lowest BCUT2D eigenvalue weighted by molar-refractivity contribution is 0.102. The van der Waals surface area contributed by atoms with E-state index in [1.165, 1.54) is 11.8 Å². The van der Waals surface area contributed by atoms with Crippen LogP contribution in [0.4, 0.5) is 0 Å². The third-order valence-corrected chi connectivity index (χ3v) is 5.33. The van der Waals surface area contributed by atoms with Gasteiger partial charge in [-0.3, -0.25) is 9.89 Å². The van der Waals surface area contributed by atoms with Gasteiger partial charge in [-0.2, -0.15) is 0 Å². The van der Waals surface area contributed by atoms with Gasteiger partial charge in [0.05, 0.1) is 18.4 Å². The molecule has 27 heavy (non-hydrogen) atoms. The van der Waals surface area contributed by atoms with Crippen molar-refractivity contribution in [2.75, 3.05) is 19.5 Å². The fourth-order valence-electron chi connectivity index (χ4n) is 3.30. The number of carbonyl (C=O) groups excluding carboxylic acids is 1. The molecule has 0 aliphatic carbocycles. The summed E-state index contributed by atoms with van der Waals surface area (Å²) in [6, 6.07) is 11.9. The number of thioether (sulfide) groups is 1. The number of ether oxygens (including phenoxy) is 1. The minimum Gasteiger partial charge on any atom is -0.383 e. The number of H-pyrrole nitrogens is 1. The second-order valence-corrected chi connectivity index (χ2v) is 7.45. The summed E-state index contributed by atoms with van der Waals surface area (Å²) in [7, 11) is 1.69. The Balaban J connectivity index is 1.68. The Morgan fingerprint density at radius 1 is 1.30 bits per heavy atom. The Bertz CT molecular complexity index is 917. The zero-order valence-corrected chi connectivity index (χ0v) is 16.8. The first-order chi connectivity index (χ1) is 13.0. The van der Waals surface area contributed by atoms with Crippen LogP contribution in [0.3, 0.4) is 0 Å². The summed E-state index contributed by atoms with van der Waals surface area (Å²) in [5.41, 5.74) is 3.76. The summed E-state index contributed by atoms with van der Waals surface area (Å²) < 4.78 is 7.41. The number of nitrogens with one attached hydrogen (secondary N) is 1. The number of hydrogen-bond acceptors (Lipinski definition) is 5. The van der Waals surface area contributed by atoms with Gasteiger partial charge in [0.2, 0.25) is 5.16 Å². The van der Waals surface area contributed by atoms with Crippen LogP contribution in [0, 0.1) is 13.8 Å². The first-order valence-electron chi connectivity index (χ1n) is 8.82. The Hall–Kier alpha value is -2.38. The van der Waals surface area contributed by atoms with Crippen molar-refractivity contribution in [3.63, 3.8) is 0 Å². The molecule has 1 atom stereocenters. The zero-order valence-electron chi connectivity index (χ0n) is 16.0. The number of aryl methyl sites for hydroxylation is 1. The van der Waals surface area contributed by atoms with E-state index in [0.717, 1.165) is 22.5 Å². The Morgan fingerprint density at radius 3 is 2.74 bits per heavy atom. The second kappa shape index (κ2) is 8.54. The normalized spacial score (nSPS) is 12.3. The summed E-state index contributed by atoms with van der Waals surface area (Å²) in [5, 5.41) is 7.71. The van der Waals surface area contributed by atoms with Gasteiger partial charge in [-0.05, 0) is 26.8 Å². The molecule has 0 saturated heterocycles. The van der Waals surface area contributed by atoms with E-state index in [9.17, 15) is 4.79 Å². The lowest BCUT2D eigenvalue weighted by atomic mass is 10.2. The molecule has 3 aromatic rings. The van der Waals surface area contributed by atoms with Crippen molar-refractivity contribution in [1.82, 2.24) is 19.7 Å². The molecule has 0 aliphatic rings. The van der Waals surface area contributed by atoms with Crippen LogP contribution in [0.1, 0.15) is 34.7 Å². The van der Waals surface area contributed by atoms with Crippen LogP contribution in [0.5, 0.6) is 0 Å². The molecule has 0 spiro atoms. The van der Waals surface area contributed by atoms with Gasteiger partial charge in [-0.1, -0.05) is 42.1 Å². The molecule has 0 bridgehead atoms. The van der Waals surface area contributed by atoms with Gasteiger partial charge in [-0.25, -0.2) is 4.98 Å². The molecule has 0 fully saturated rings. The van der Waals surface area contributed by atoms with Crippen molar-refractivity contribution >= 4 is 17.5 Å². The smallest absolute Gasteiger partial charge is 0.209 e. The molecule has 6 nitrogen and oxygen atoms in total. The number of aromatic nitrogens is 4. The van der Waals surface area contributed by atoms with Crippen molar-refractivity contribution in [3.05, 3.63) is 53.3 Å². The molecule has 0 saturated carbocycles. The number of Topliss-reactive ketones (excluding diaryl/α,β-unsaturated/α-hetero) is 1. The van der Waals surface area contributed by atoms with Crippen molar-refractivity contribution in [1.29, 1.82) is 0 Å². The molecule has 0 amide bonds. The number of hydrogen-bond donors (Lipinski definition) is 1. The van der Waals surface area contributed by atoms with E-state index in [0.29, 0.717) is 23.3 Å². The molecule has 0 radical (unpaired) electrons. The molecular weight excluding hydrogens is 360 g/mol. The largest absolute Gasteiger partial charge is 0.383 e. The van der Waals surface area contributed by atoms with Gasteiger partial charge in [0, 0.05) is 29.6 Å².